The third kappa shape index (κ3) is 4.58. The molecule has 4 nitrogen and oxygen atoms in total. The van der Waals surface area contributed by atoms with Crippen molar-refractivity contribution in [1.82, 2.24) is 5.32 Å². The minimum atomic E-state index is -1.14. The standard InChI is InChI=1S/C5H7NO3/c1-4(2-3-7)6-5(8)9/h2,4,6H,1H3,(H,8,9). The lowest BCUT2D eigenvalue weighted by Crippen LogP contribution is -2.29. The number of hydrogen-bond acceptors (Lipinski definition) is 2. The van der Waals surface area contributed by atoms with E-state index in [1.165, 1.54) is 5.94 Å². The Hall–Kier alpha value is -1.28. The number of rotatable bonds is 2. The number of amides is 1. The van der Waals surface area contributed by atoms with Crippen LogP contribution >= 0.6 is 0 Å². The summed E-state index contributed by atoms with van der Waals surface area (Å²) in [5, 5.41) is 10.1. The zero-order valence-electron chi connectivity index (χ0n) is 4.92. The maximum atomic E-state index is 9.82. The number of carboxylic acid groups (broad SMARTS) is 1. The maximum absolute atomic E-state index is 9.82. The van der Waals surface area contributed by atoms with Crippen LogP contribution in [0.15, 0.2) is 6.08 Å². The van der Waals surface area contributed by atoms with Gasteiger partial charge in [-0.2, -0.15) is 0 Å². The van der Waals surface area contributed by atoms with Crippen LogP contribution in [0.4, 0.5) is 4.79 Å². The molecule has 0 spiro atoms. The van der Waals surface area contributed by atoms with Crippen molar-refractivity contribution in [3.05, 3.63) is 6.08 Å². The van der Waals surface area contributed by atoms with Gasteiger partial charge in [-0.15, -0.1) is 0 Å². The van der Waals surface area contributed by atoms with Crippen molar-refractivity contribution in [3.63, 3.8) is 0 Å². The Labute approximate surface area is 52.2 Å². The molecule has 0 aliphatic rings. The first-order valence-corrected chi connectivity index (χ1v) is 2.37. The van der Waals surface area contributed by atoms with Crippen molar-refractivity contribution in [3.8, 4) is 0 Å². The summed E-state index contributed by atoms with van der Waals surface area (Å²) >= 11 is 0. The zero-order valence-corrected chi connectivity index (χ0v) is 4.92. The summed E-state index contributed by atoms with van der Waals surface area (Å²) in [5.74, 6) is 1.47. The summed E-state index contributed by atoms with van der Waals surface area (Å²) in [7, 11) is 0. The molecule has 0 aromatic carbocycles. The second-order valence-corrected chi connectivity index (χ2v) is 1.52. The highest BCUT2D eigenvalue weighted by Crippen LogP contribution is 1.78. The van der Waals surface area contributed by atoms with E-state index >= 15 is 0 Å². The predicted octanol–water partition coefficient (Wildman–Crippen LogP) is 0.0303. The highest BCUT2D eigenvalue weighted by molar-refractivity contribution is 5.65. The summed E-state index contributed by atoms with van der Waals surface area (Å²) < 4.78 is 0. The van der Waals surface area contributed by atoms with Gasteiger partial charge in [-0.25, -0.2) is 9.59 Å². The lowest BCUT2D eigenvalue weighted by atomic mass is 10.3. The molecule has 0 saturated heterocycles. The molecule has 1 unspecified atom stereocenters. The summed E-state index contributed by atoms with van der Waals surface area (Å²) in [4.78, 5) is 19.4. The monoisotopic (exact) mass is 129 g/mol. The van der Waals surface area contributed by atoms with Crippen molar-refractivity contribution >= 4 is 12.0 Å². The number of nitrogens with one attached hydrogen (secondary N) is 1. The van der Waals surface area contributed by atoms with Gasteiger partial charge in [0.25, 0.3) is 0 Å². The Morgan fingerprint density at radius 1 is 1.89 bits per heavy atom. The van der Waals surface area contributed by atoms with Gasteiger partial charge in [0, 0.05) is 6.08 Å². The summed E-state index contributed by atoms with van der Waals surface area (Å²) in [6, 6.07) is -0.458. The molecule has 0 aliphatic carbocycles. The summed E-state index contributed by atoms with van der Waals surface area (Å²) in [5.41, 5.74) is 0. The van der Waals surface area contributed by atoms with Gasteiger partial charge in [0.05, 0.1) is 6.04 Å². The van der Waals surface area contributed by atoms with Gasteiger partial charge in [0.15, 0.2) is 0 Å². The van der Waals surface area contributed by atoms with E-state index in [4.69, 9.17) is 5.11 Å². The van der Waals surface area contributed by atoms with Gasteiger partial charge in [0.1, 0.15) is 5.94 Å². The van der Waals surface area contributed by atoms with Gasteiger partial charge < -0.3 is 10.4 Å². The Morgan fingerprint density at radius 2 is 2.44 bits per heavy atom. The molecule has 0 aromatic rings. The van der Waals surface area contributed by atoms with E-state index in [1.54, 1.807) is 6.92 Å². The van der Waals surface area contributed by atoms with Crippen LogP contribution in [-0.2, 0) is 4.79 Å². The van der Waals surface area contributed by atoms with Gasteiger partial charge in [-0.05, 0) is 6.92 Å². The van der Waals surface area contributed by atoms with Crippen LogP contribution in [0.3, 0.4) is 0 Å². The molecule has 0 radical (unpaired) electrons. The fourth-order valence-corrected chi connectivity index (χ4v) is 0.338. The molecule has 0 rings (SSSR count). The highest BCUT2D eigenvalue weighted by Gasteiger charge is 1.98. The van der Waals surface area contributed by atoms with Crippen LogP contribution in [0.25, 0.3) is 0 Å². The first-order valence-electron chi connectivity index (χ1n) is 2.37. The Bertz CT molecular complexity index is 148. The normalized spacial score (nSPS) is 11.2. The van der Waals surface area contributed by atoms with Crippen LogP contribution < -0.4 is 5.32 Å². The largest absolute Gasteiger partial charge is 0.465 e. The van der Waals surface area contributed by atoms with E-state index < -0.39 is 12.1 Å². The van der Waals surface area contributed by atoms with E-state index in [-0.39, 0.29) is 0 Å². The smallest absolute Gasteiger partial charge is 0.405 e. The summed E-state index contributed by atoms with van der Waals surface area (Å²) in [6.45, 7) is 1.54. The molecule has 9 heavy (non-hydrogen) atoms. The van der Waals surface area contributed by atoms with E-state index in [1.807, 2.05) is 5.32 Å². The second-order valence-electron chi connectivity index (χ2n) is 1.52. The van der Waals surface area contributed by atoms with Crippen molar-refractivity contribution in [1.29, 1.82) is 0 Å². The first kappa shape index (κ1) is 7.72. The van der Waals surface area contributed by atoms with Crippen LogP contribution in [0.1, 0.15) is 6.92 Å². The lowest BCUT2D eigenvalue weighted by Gasteiger charge is -2.00. The molecule has 2 N–H and O–H groups in total. The fourth-order valence-electron chi connectivity index (χ4n) is 0.338. The third-order valence-corrected chi connectivity index (χ3v) is 0.669. The Morgan fingerprint density at radius 3 is 2.78 bits per heavy atom. The highest BCUT2D eigenvalue weighted by atomic mass is 16.4. The molecule has 0 fully saturated rings. The molecular formula is C5H7NO3. The number of hydrogen-bond donors (Lipinski definition) is 2. The van der Waals surface area contributed by atoms with Gasteiger partial charge in [-0.1, -0.05) is 0 Å². The van der Waals surface area contributed by atoms with Crippen molar-refractivity contribution in [2.24, 2.45) is 0 Å². The Balaban J connectivity index is 3.62. The average Bonchev–Trinajstić information content (AvgIpc) is 1.63. The number of carbonyl (C=O) groups excluding carboxylic acids is 1. The second kappa shape index (κ2) is 3.69. The quantitative estimate of drug-likeness (QED) is 0.517. The molecular weight excluding hydrogens is 122 g/mol. The SMILES string of the molecule is CC(C=C=O)NC(=O)O. The van der Waals surface area contributed by atoms with Crippen LogP contribution in [-0.4, -0.2) is 23.2 Å². The van der Waals surface area contributed by atoms with Crippen LogP contribution in [0.2, 0.25) is 0 Å². The van der Waals surface area contributed by atoms with Gasteiger partial charge in [0.2, 0.25) is 0 Å². The zero-order chi connectivity index (χ0) is 7.28. The predicted molar refractivity (Wildman–Crippen MR) is 30.9 cm³/mol. The molecule has 50 valence electrons. The fraction of sp³-hybridized carbons (Fsp3) is 0.400. The third-order valence-electron chi connectivity index (χ3n) is 0.669. The van der Waals surface area contributed by atoms with E-state index in [0.717, 1.165) is 6.08 Å². The van der Waals surface area contributed by atoms with Gasteiger partial charge in [-0.3, -0.25) is 0 Å². The summed E-state index contributed by atoms with van der Waals surface area (Å²) in [6.07, 6.45) is -0.0531. The van der Waals surface area contributed by atoms with Crippen molar-refractivity contribution in [2.45, 2.75) is 13.0 Å². The molecule has 1 amide bonds. The first-order chi connectivity index (χ1) is 4.16. The van der Waals surface area contributed by atoms with Gasteiger partial charge >= 0.3 is 6.09 Å². The maximum Gasteiger partial charge on any atom is 0.405 e. The molecule has 0 heterocycles. The van der Waals surface area contributed by atoms with Crippen molar-refractivity contribution in [2.75, 3.05) is 0 Å². The van der Waals surface area contributed by atoms with Crippen molar-refractivity contribution < 1.29 is 14.7 Å². The van der Waals surface area contributed by atoms with E-state index in [2.05, 4.69) is 0 Å². The molecule has 1 atom stereocenters. The topological polar surface area (TPSA) is 66.4 Å². The van der Waals surface area contributed by atoms with Crippen LogP contribution in [0, 0.1) is 0 Å². The van der Waals surface area contributed by atoms with E-state index in [9.17, 15) is 9.59 Å². The van der Waals surface area contributed by atoms with E-state index in [0.29, 0.717) is 0 Å². The molecule has 0 aromatic heterocycles. The molecule has 0 aliphatic heterocycles. The average molecular weight is 129 g/mol. The molecule has 4 heteroatoms. The molecule has 0 bridgehead atoms. The minimum absolute atomic E-state index is 0.458. The molecule has 0 saturated carbocycles. The lowest BCUT2D eigenvalue weighted by molar-refractivity contribution is 0.193. The van der Waals surface area contributed by atoms with Crippen LogP contribution in [0.5, 0.6) is 0 Å². The number of carbonyl (C=O) groups is 1. The Kier molecular flexibility index (Phi) is 3.16. The minimum Gasteiger partial charge on any atom is -0.465 e.